The molecule has 0 heterocycles. The molecule has 24 heavy (non-hydrogen) atoms. The van der Waals surface area contributed by atoms with E-state index in [1.807, 2.05) is 32.0 Å². The SMILES string of the molecule is Cc1ccc(NC(N)=NCC(C)Oc2ccc(F)cc2)cc1C.I. The van der Waals surface area contributed by atoms with Crippen LogP contribution in [0.15, 0.2) is 47.5 Å². The Balaban J connectivity index is 0.00000288. The minimum Gasteiger partial charge on any atom is -0.489 e. The lowest BCUT2D eigenvalue weighted by Crippen LogP contribution is -2.25. The van der Waals surface area contributed by atoms with Crippen molar-refractivity contribution in [3.63, 3.8) is 0 Å². The van der Waals surface area contributed by atoms with Gasteiger partial charge in [-0.2, -0.15) is 0 Å². The van der Waals surface area contributed by atoms with E-state index in [2.05, 4.69) is 17.2 Å². The monoisotopic (exact) mass is 443 g/mol. The standard InChI is InChI=1S/C18H22FN3O.HI/c1-12-4-7-16(10-13(12)2)22-18(20)21-11-14(3)23-17-8-5-15(19)6-9-17;/h4-10,14H,11H2,1-3H3,(H3,20,21,22);1H. The summed E-state index contributed by atoms with van der Waals surface area (Å²) in [5.74, 6) is 0.655. The molecule has 0 saturated heterocycles. The van der Waals surface area contributed by atoms with Crippen LogP contribution in [0.3, 0.4) is 0 Å². The van der Waals surface area contributed by atoms with E-state index in [0.29, 0.717) is 18.3 Å². The molecule has 130 valence electrons. The van der Waals surface area contributed by atoms with Crippen molar-refractivity contribution in [1.82, 2.24) is 0 Å². The number of guanidine groups is 1. The summed E-state index contributed by atoms with van der Waals surface area (Å²) in [5, 5.41) is 3.06. The summed E-state index contributed by atoms with van der Waals surface area (Å²) in [6, 6.07) is 11.9. The molecule has 0 aliphatic rings. The number of halogens is 2. The Bertz CT molecular complexity index is 689. The van der Waals surface area contributed by atoms with Crippen molar-refractivity contribution >= 4 is 35.6 Å². The van der Waals surface area contributed by atoms with E-state index >= 15 is 0 Å². The lowest BCUT2D eigenvalue weighted by atomic mass is 10.1. The fourth-order valence-electron chi connectivity index (χ4n) is 2.02. The van der Waals surface area contributed by atoms with E-state index < -0.39 is 0 Å². The van der Waals surface area contributed by atoms with E-state index in [-0.39, 0.29) is 35.9 Å². The second kappa shape index (κ2) is 9.46. The van der Waals surface area contributed by atoms with E-state index in [4.69, 9.17) is 10.5 Å². The molecular formula is C18H23FIN3O. The molecule has 6 heteroatoms. The van der Waals surface area contributed by atoms with Crippen molar-refractivity contribution in [3.05, 3.63) is 59.4 Å². The number of nitrogens with two attached hydrogens (primary N) is 1. The normalized spacial score (nSPS) is 12.2. The highest BCUT2D eigenvalue weighted by Gasteiger charge is 2.04. The fourth-order valence-corrected chi connectivity index (χ4v) is 2.02. The highest BCUT2D eigenvalue weighted by molar-refractivity contribution is 14.0. The third-order valence-electron chi connectivity index (χ3n) is 3.45. The Morgan fingerprint density at radius 2 is 1.83 bits per heavy atom. The van der Waals surface area contributed by atoms with Gasteiger partial charge in [-0.1, -0.05) is 6.07 Å². The van der Waals surface area contributed by atoms with Crippen molar-refractivity contribution in [2.45, 2.75) is 26.9 Å². The van der Waals surface area contributed by atoms with Gasteiger partial charge in [0.25, 0.3) is 0 Å². The van der Waals surface area contributed by atoms with Gasteiger partial charge in [-0.15, -0.1) is 24.0 Å². The molecule has 0 amide bonds. The summed E-state index contributed by atoms with van der Waals surface area (Å²) in [4.78, 5) is 4.27. The summed E-state index contributed by atoms with van der Waals surface area (Å²) in [6.07, 6.45) is -0.166. The maximum atomic E-state index is 12.8. The topological polar surface area (TPSA) is 59.6 Å². The molecular weight excluding hydrogens is 420 g/mol. The molecule has 2 rings (SSSR count). The van der Waals surface area contributed by atoms with Crippen LogP contribution >= 0.6 is 24.0 Å². The molecule has 1 atom stereocenters. The molecule has 0 radical (unpaired) electrons. The number of nitrogens with one attached hydrogen (secondary N) is 1. The largest absolute Gasteiger partial charge is 0.489 e. The number of aryl methyl sites for hydroxylation is 2. The molecule has 0 aromatic heterocycles. The van der Waals surface area contributed by atoms with Crippen molar-refractivity contribution in [1.29, 1.82) is 0 Å². The Kier molecular flexibility index (Phi) is 7.97. The lowest BCUT2D eigenvalue weighted by Gasteiger charge is -2.13. The van der Waals surface area contributed by atoms with Gasteiger partial charge < -0.3 is 15.8 Å². The van der Waals surface area contributed by atoms with Crippen molar-refractivity contribution < 1.29 is 9.13 Å². The molecule has 0 spiro atoms. The molecule has 4 nitrogen and oxygen atoms in total. The Morgan fingerprint density at radius 1 is 1.17 bits per heavy atom. The zero-order valence-electron chi connectivity index (χ0n) is 14.0. The van der Waals surface area contributed by atoms with Crippen LogP contribution in [0.5, 0.6) is 5.75 Å². The highest BCUT2D eigenvalue weighted by atomic mass is 127. The first-order valence-electron chi connectivity index (χ1n) is 7.50. The predicted octanol–water partition coefficient (Wildman–Crippen LogP) is 4.25. The molecule has 0 bridgehead atoms. The third-order valence-corrected chi connectivity index (χ3v) is 3.45. The zero-order chi connectivity index (χ0) is 16.8. The number of anilines is 1. The molecule has 0 aliphatic carbocycles. The maximum Gasteiger partial charge on any atom is 0.193 e. The maximum absolute atomic E-state index is 12.8. The second-order valence-electron chi connectivity index (χ2n) is 5.53. The first kappa shape index (κ1) is 20.2. The summed E-state index contributed by atoms with van der Waals surface area (Å²) in [7, 11) is 0. The Hall–Kier alpha value is -1.83. The van der Waals surface area contributed by atoms with Crippen LogP contribution in [0.4, 0.5) is 10.1 Å². The van der Waals surface area contributed by atoms with E-state index in [9.17, 15) is 4.39 Å². The predicted molar refractivity (Wildman–Crippen MR) is 108 cm³/mol. The molecule has 2 aromatic rings. The highest BCUT2D eigenvalue weighted by Crippen LogP contribution is 2.14. The number of ether oxygens (including phenoxy) is 1. The average molecular weight is 443 g/mol. The third kappa shape index (κ3) is 6.35. The number of hydrogen-bond acceptors (Lipinski definition) is 2. The van der Waals surface area contributed by atoms with Gasteiger partial charge in [0.15, 0.2) is 5.96 Å². The Labute approximate surface area is 159 Å². The number of nitrogens with zero attached hydrogens (tertiary/aromatic N) is 1. The second-order valence-corrected chi connectivity index (χ2v) is 5.53. The first-order valence-corrected chi connectivity index (χ1v) is 7.50. The summed E-state index contributed by atoms with van der Waals surface area (Å²) in [5.41, 5.74) is 9.21. The van der Waals surface area contributed by atoms with E-state index in [1.54, 1.807) is 12.1 Å². The van der Waals surface area contributed by atoms with Crippen LogP contribution in [0, 0.1) is 19.7 Å². The number of benzene rings is 2. The van der Waals surface area contributed by atoms with E-state index in [0.717, 1.165) is 5.69 Å². The van der Waals surface area contributed by atoms with Gasteiger partial charge in [-0.3, -0.25) is 0 Å². The van der Waals surface area contributed by atoms with Gasteiger partial charge in [0.2, 0.25) is 0 Å². The van der Waals surface area contributed by atoms with Gasteiger partial charge in [0.05, 0.1) is 6.54 Å². The van der Waals surface area contributed by atoms with E-state index in [1.165, 1.54) is 23.3 Å². The minimum atomic E-state index is -0.287. The number of aliphatic imine (C=N–C) groups is 1. The number of rotatable bonds is 5. The van der Waals surface area contributed by atoms with Crippen LogP contribution < -0.4 is 15.8 Å². The minimum absolute atomic E-state index is 0. The molecule has 0 saturated carbocycles. The van der Waals surface area contributed by atoms with Gasteiger partial charge in [-0.05, 0) is 68.3 Å². The van der Waals surface area contributed by atoms with Gasteiger partial charge in [0.1, 0.15) is 17.7 Å². The van der Waals surface area contributed by atoms with Crippen molar-refractivity contribution in [2.24, 2.45) is 10.7 Å². The molecule has 3 N–H and O–H groups in total. The van der Waals surface area contributed by atoms with Crippen LogP contribution in [-0.4, -0.2) is 18.6 Å². The van der Waals surface area contributed by atoms with Crippen molar-refractivity contribution in [3.8, 4) is 5.75 Å². The number of hydrogen-bond donors (Lipinski definition) is 2. The molecule has 0 aliphatic heterocycles. The first-order chi connectivity index (χ1) is 10.9. The quantitative estimate of drug-likeness (QED) is 0.413. The Morgan fingerprint density at radius 3 is 2.46 bits per heavy atom. The molecule has 1 unspecified atom stereocenters. The smallest absolute Gasteiger partial charge is 0.193 e. The molecule has 0 fully saturated rings. The lowest BCUT2D eigenvalue weighted by molar-refractivity contribution is 0.230. The van der Waals surface area contributed by atoms with Crippen molar-refractivity contribution in [2.75, 3.05) is 11.9 Å². The van der Waals surface area contributed by atoms with Gasteiger partial charge in [0, 0.05) is 5.69 Å². The van der Waals surface area contributed by atoms with Gasteiger partial charge >= 0.3 is 0 Å². The fraction of sp³-hybridized carbons (Fsp3) is 0.278. The summed E-state index contributed by atoms with van der Waals surface area (Å²) >= 11 is 0. The summed E-state index contributed by atoms with van der Waals surface area (Å²) in [6.45, 7) is 6.40. The average Bonchev–Trinajstić information content (AvgIpc) is 2.51. The van der Waals surface area contributed by atoms with Crippen LogP contribution in [0.25, 0.3) is 0 Å². The van der Waals surface area contributed by atoms with Crippen LogP contribution in [-0.2, 0) is 0 Å². The van der Waals surface area contributed by atoms with Crippen LogP contribution in [0.1, 0.15) is 18.1 Å². The zero-order valence-corrected chi connectivity index (χ0v) is 16.4. The summed E-state index contributed by atoms with van der Waals surface area (Å²) < 4.78 is 18.5. The molecule has 2 aromatic carbocycles. The van der Waals surface area contributed by atoms with Crippen LogP contribution in [0.2, 0.25) is 0 Å². The van der Waals surface area contributed by atoms with Gasteiger partial charge in [-0.25, -0.2) is 9.38 Å².